The van der Waals surface area contributed by atoms with Gasteiger partial charge in [0.25, 0.3) is 0 Å². The Morgan fingerprint density at radius 1 is 1.17 bits per heavy atom. The van der Waals surface area contributed by atoms with E-state index in [1.54, 1.807) is 24.3 Å². The fourth-order valence-corrected chi connectivity index (χ4v) is 4.87. The van der Waals surface area contributed by atoms with Gasteiger partial charge in [0.1, 0.15) is 17.6 Å². The zero-order valence-corrected chi connectivity index (χ0v) is 20.2. The topological polar surface area (TPSA) is 65.4 Å². The number of carbonyl (C=O) groups is 1. The number of carboxylic acids is 1. The fourth-order valence-electron chi connectivity index (χ4n) is 4.63. The molecule has 2 aliphatic rings. The zero-order chi connectivity index (χ0) is 25.3. The van der Waals surface area contributed by atoms with E-state index in [1.807, 2.05) is 19.1 Å². The molecule has 1 N–H and O–H groups in total. The molecule has 2 heterocycles. The van der Waals surface area contributed by atoms with Gasteiger partial charge in [-0.15, -0.1) is 0 Å². The average molecular weight is 510 g/mol. The monoisotopic (exact) mass is 509 g/mol. The normalized spacial score (nSPS) is 21.3. The molecule has 2 aliphatic heterocycles. The van der Waals surface area contributed by atoms with Crippen LogP contribution in [0.5, 0.6) is 5.75 Å². The molecule has 0 radical (unpaired) electrons. The molecule has 0 aliphatic carbocycles. The molecule has 2 aromatic carbocycles. The van der Waals surface area contributed by atoms with E-state index >= 15 is 0 Å². The maximum Gasteiger partial charge on any atom is 0.431 e. The Kier molecular flexibility index (Phi) is 7.17. The maximum atomic E-state index is 13.4. The highest BCUT2D eigenvalue weighted by Crippen LogP contribution is 2.37. The third-order valence-corrected chi connectivity index (χ3v) is 6.82. The van der Waals surface area contributed by atoms with Gasteiger partial charge in [0, 0.05) is 31.8 Å². The molecule has 188 valence electrons. The van der Waals surface area contributed by atoms with Crippen molar-refractivity contribution in [1.82, 2.24) is 0 Å². The molecule has 1 fully saturated rings. The minimum absolute atomic E-state index is 0.00195. The highest BCUT2D eigenvalue weighted by atomic mass is 35.5. The van der Waals surface area contributed by atoms with Crippen LogP contribution in [0, 0.1) is 12.8 Å². The van der Waals surface area contributed by atoms with Crippen LogP contribution in [0.2, 0.25) is 5.02 Å². The standard InChI is InChI=1S/C25H27ClF3N3O3/c1-15-3-8-20(26)22(13-15)31-11-9-19(10-12-31)35-18-6-4-17(5-7-18)32-21(14-23(33)34)16(2)24(30-32)25(27,28)29/h3-8,13,16,19,21H,9-12,14H2,1-2H3,(H,33,34)/t16-,21-/m0/s1. The van der Waals surface area contributed by atoms with E-state index in [-0.39, 0.29) is 6.10 Å². The molecule has 10 heteroatoms. The maximum absolute atomic E-state index is 13.4. The summed E-state index contributed by atoms with van der Waals surface area (Å²) in [5.74, 6) is -1.64. The van der Waals surface area contributed by atoms with E-state index in [4.69, 9.17) is 16.3 Å². The smallest absolute Gasteiger partial charge is 0.431 e. The molecule has 0 saturated carbocycles. The number of piperidine rings is 1. The van der Waals surface area contributed by atoms with Crippen molar-refractivity contribution in [1.29, 1.82) is 0 Å². The number of nitrogens with zero attached hydrogens (tertiary/aromatic N) is 3. The fraction of sp³-hybridized carbons (Fsp3) is 0.440. The van der Waals surface area contributed by atoms with Gasteiger partial charge in [-0.1, -0.05) is 24.6 Å². The van der Waals surface area contributed by atoms with Crippen molar-refractivity contribution >= 4 is 34.7 Å². The van der Waals surface area contributed by atoms with Gasteiger partial charge in [-0.2, -0.15) is 18.3 Å². The molecule has 6 nitrogen and oxygen atoms in total. The largest absolute Gasteiger partial charge is 0.490 e. The van der Waals surface area contributed by atoms with Crippen LogP contribution in [0.3, 0.4) is 0 Å². The summed E-state index contributed by atoms with van der Waals surface area (Å²) in [5, 5.41) is 14.8. The van der Waals surface area contributed by atoms with Crippen molar-refractivity contribution in [3.8, 4) is 5.75 Å². The third-order valence-electron chi connectivity index (χ3n) is 6.50. The van der Waals surface area contributed by atoms with Crippen LogP contribution in [0.15, 0.2) is 47.6 Å². The van der Waals surface area contributed by atoms with E-state index in [2.05, 4.69) is 16.1 Å². The summed E-state index contributed by atoms with van der Waals surface area (Å²) in [6.07, 6.45) is -3.47. The molecule has 0 spiro atoms. The lowest BCUT2D eigenvalue weighted by molar-refractivity contribution is -0.137. The molecule has 0 unspecified atom stereocenters. The van der Waals surface area contributed by atoms with Crippen molar-refractivity contribution in [2.75, 3.05) is 23.0 Å². The van der Waals surface area contributed by atoms with Gasteiger partial charge in [0.05, 0.1) is 28.9 Å². The van der Waals surface area contributed by atoms with Crippen LogP contribution in [0.25, 0.3) is 0 Å². The lowest BCUT2D eigenvalue weighted by atomic mass is 9.94. The SMILES string of the molecule is Cc1ccc(Cl)c(N2CCC(Oc3ccc(N4N=C(C(F)(F)F)[C@@H](C)[C@@H]4CC(=O)O)cc3)CC2)c1. The Morgan fingerprint density at radius 3 is 2.43 bits per heavy atom. The number of ether oxygens (including phenoxy) is 1. The summed E-state index contributed by atoms with van der Waals surface area (Å²) in [4.78, 5) is 13.5. The molecule has 0 amide bonds. The number of carboxylic acid groups (broad SMARTS) is 1. The molecule has 4 rings (SSSR count). The van der Waals surface area contributed by atoms with E-state index in [9.17, 15) is 23.1 Å². The minimum atomic E-state index is -4.62. The van der Waals surface area contributed by atoms with Crippen molar-refractivity contribution in [3.63, 3.8) is 0 Å². The number of alkyl halides is 3. The summed E-state index contributed by atoms with van der Waals surface area (Å²) in [5.41, 5.74) is 1.58. The van der Waals surface area contributed by atoms with Crippen LogP contribution in [0.1, 0.15) is 31.7 Å². The molecule has 2 aromatic rings. The Bertz CT molecular complexity index is 1100. The second-order valence-electron chi connectivity index (χ2n) is 9.03. The lowest BCUT2D eigenvalue weighted by Gasteiger charge is -2.34. The van der Waals surface area contributed by atoms with Crippen molar-refractivity contribution in [2.45, 2.75) is 51.4 Å². The van der Waals surface area contributed by atoms with Gasteiger partial charge < -0.3 is 14.7 Å². The summed E-state index contributed by atoms with van der Waals surface area (Å²) in [6.45, 7) is 4.97. The predicted molar refractivity (Wildman–Crippen MR) is 130 cm³/mol. The number of anilines is 2. The second-order valence-corrected chi connectivity index (χ2v) is 9.44. The van der Waals surface area contributed by atoms with Crippen LogP contribution in [-0.2, 0) is 4.79 Å². The minimum Gasteiger partial charge on any atom is -0.490 e. The van der Waals surface area contributed by atoms with Gasteiger partial charge in [0.15, 0.2) is 0 Å². The van der Waals surface area contributed by atoms with E-state index in [0.717, 1.165) is 47.2 Å². The van der Waals surface area contributed by atoms with E-state index in [0.29, 0.717) is 11.4 Å². The molecule has 2 atom stereocenters. The number of hydrazone groups is 1. The first kappa shape index (κ1) is 25.2. The first-order valence-electron chi connectivity index (χ1n) is 11.5. The van der Waals surface area contributed by atoms with Crippen LogP contribution < -0.4 is 14.6 Å². The number of benzene rings is 2. The lowest BCUT2D eigenvalue weighted by Crippen LogP contribution is -2.38. The Hall–Kier alpha value is -2.94. The van der Waals surface area contributed by atoms with Gasteiger partial charge in [-0.3, -0.25) is 9.80 Å². The summed E-state index contributed by atoms with van der Waals surface area (Å²) >= 11 is 6.36. The van der Waals surface area contributed by atoms with Gasteiger partial charge in [-0.25, -0.2) is 0 Å². The molecule has 0 bridgehead atoms. The van der Waals surface area contributed by atoms with Gasteiger partial charge in [-0.05, 0) is 48.9 Å². The van der Waals surface area contributed by atoms with Gasteiger partial charge in [0.2, 0.25) is 0 Å². The number of rotatable bonds is 6. The molecule has 1 saturated heterocycles. The number of aryl methyl sites for hydroxylation is 1. The van der Waals surface area contributed by atoms with Gasteiger partial charge >= 0.3 is 12.1 Å². The van der Waals surface area contributed by atoms with E-state index in [1.165, 1.54) is 6.92 Å². The average Bonchev–Trinajstić information content (AvgIpc) is 3.12. The third kappa shape index (κ3) is 5.66. The summed E-state index contributed by atoms with van der Waals surface area (Å²) in [6, 6.07) is 11.6. The second kappa shape index (κ2) is 9.97. The van der Waals surface area contributed by atoms with Crippen molar-refractivity contribution < 1.29 is 27.8 Å². The Balaban J connectivity index is 1.41. The molecular formula is C25H27ClF3N3O3. The molecular weight excluding hydrogens is 483 g/mol. The Morgan fingerprint density at radius 2 is 1.83 bits per heavy atom. The number of hydrogen-bond acceptors (Lipinski definition) is 5. The van der Waals surface area contributed by atoms with Crippen molar-refractivity contribution in [3.05, 3.63) is 53.1 Å². The predicted octanol–water partition coefficient (Wildman–Crippen LogP) is 5.91. The highest BCUT2D eigenvalue weighted by molar-refractivity contribution is 6.33. The quantitative estimate of drug-likeness (QED) is 0.524. The number of aliphatic carboxylic acids is 1. The highest BCUT2D eigenvalue weighted by Gasteiger charge is 2.48. The van der Waals surface area contributed by atoms with Crippen LogP contribution in [0.4, 0.5) is 24.5 Å². The molecule has 0 aromatic heterocycles. The first-order chi connectivity index (χ1) is 16.5. The zero-order valence-electron chi connectivity index (χ0n) is 19.4. The molecule has 35 heavy (non-hydrogen) atoms. The summed E-state index contributed by atoms with van der Waals surface area (Å²) < 4.78 is 46.2. The van der Waals surface area contributed by atoms with Crippen LogP contribution >= 0.6 is 11.6 Å². The van der Waals surface area contributed by atoms with Crippen molar-refractivity contribution in [2.24, 2.45) is 11.0 Å². The first-order valence-corrected chi connectivity index (χ1v) is 11.8. The summed E-state index contributed by atoms with van der Waals surface area (Å²) in [7, 11) is 0. The number of hydrogen-bond donors (Lipinski definition) is 1. The Labute approximate surface area is 206 Å². The van der Waals surface area contributed by atoms with E-state index < -0.39 is 36.2 Å². The van der Waals surface area contributed by atoms with Crippen LogP contribution in [-0.4, -0.2) is 48.2 Å². The number of halogens is 4.